The standard InChI is InChI=1S/C11H17ClN2S/c1-8-2-4-9(5-3-8)6-13-11-14-10(12)7-15-11/h7-9H,2-6H2,1H3,(H,13,14). The molecule has 1 saturated carbocycles. The van der Waals surface area contributed by atoms with Gasteiger partial charge in [-0.15, -0.1) is 11.3 Å². The Bertz CT molecular complexity index is 305. The highest BCUT2D eigenvalue weighted by Gasteiger charge is 2.17. The molecule has 0 spiro atoms. The summed E-state index contributed by atoms with van der Waals surface area (Å²) in [6.45, 7) is 3.40. The SMILES string of the molecule is CC1CCC(CNc2nc(Cl)cs2)CC1. The van der Waals surface area contributed by atoms with Crippen LogP contribution in [0.1, 0.15) is 32.6 Å². The summed E-state index contributed by atoms with van der Waals surface area (Å²) in [5.74, 6) is 1.75. The molecule has 2 nitrogen and oxygen atoms in total. The average molecular weight is 245 g/mol. The Morgan fingerprint density at radius 2 is 2.20 bits per heavy atom. The smallest absolute Gasteiger partial charge is 0.184 e. The largest absolute Gasteiger partial charge is 0.361 e. The molecular formula is C11H17ClN2S. The molecule has 0 saturated heterocycles. The molecule has 0 amide bonds. The van der Waals surface area contributed by atoms with E-state index in [1.807, 2.05) is 5.38 Å². The second-order valence-corrected chi connectivity index (χ2v) is 5.73. The first-order valence-corrected chi connectivity index (χ1v) is 6.84. The van der Waals surface area contributed by atoms with Gasteiger partial charge in [0.2, 0.25) is 0 Å². The number of aromatic nitrogens is 1. The van der Waals surface area contributed by atoms with Crippen molar-refractivity contribution in [2.45, 2.75) is 32.6 Å². The van der Waals surface area contributed by atoms with Gasteiger partial charge < -0.3 is 5.32 Å². The molecule has 84 valence electrons. The number of hydrogen-bond donors (Lipinski definition) is 1. The van der Waals surface area contributed by atoms with Crippen molar-refractivity contribution in [1.29, 1.82) is 0 Å². The van der Waals surface area contributed by atoms with Crippen LogP contribution in [0.15, 0.2) is 5.38 Å². The third kappa shape index (κ3) is 3.35. The lowest BCUT2D eigenvalue weighted by molar-refractivity contribution is 0.300. The highest BCUT2D eigenvalue weighted by atomic mass is 35.5. The number of anilines is 1. The molecule has 0 aromatic carbocycles. The molecular weight excluding hydrogens is 228 g/mol. The molecule has 0 atom stereocenters. The fraction of sp³-hybridized carbons (Fsp3) is 0.727. The fourth-order valence-electron chi connectivity index (χ4n) is 2.10. The summed E-state index contributed by atoms with van der Waals surface area (Å²) >= 11 is 7.34. The molecule has 0 radical (unpaired) electrons. The molecule has 0 unspecified atom stereocenters. The van der Waals surface area contributed by atoms with E-state index in [0.717, 1.165) is 23.5 Å². The van der Waals surface area contributed by atoms with Gasteiger partial charge in [0.1, 0.15) is 5.15 Å². The van der Waals surface area contributed by atoms with Crippen molar-refractivity contribution in [2.24, 2.45) is 11.8 Å². The van der Waals surface area contributed by atoms with Gasteiger partial charge in [-0.3, -0.25) is 0 Å². The fourth-order valence-corrected chi connectivity index (χ4v) is 2.95. The van der Waals surface area contributed by atoms with Crippen molar-refractivity contribution < 1.29 is 0 Å². The number of nitrogens with zero attached hydrogens (tertiary/aromatic N) is 1. The van der Waals surface area contributed by atoms with Crippen molar-refractivity contribution in [3.05, 3.63) is 10.5 Å². The van der Waals surface area contributed by atoms with Gasteiger partial charge in [-0.1, -0.05) is 31.4 Å². The number of nitrogens with one attached hydrogen (secondary N) is 1. The van der Waals surface area contributed by atoms with Crippen LogP contribution in [-0.4, -0.2) is 11.5 Å². The minimum Gasteiger partial charge on any atom is -0.361 e. The highest BCUT2D eigenvalue weighted by Crippen LogP contribution is 2.28. The van der Waals surface area contributed by atoms with Crippen LogP contribution in [0.5, 0.6) is 0 Å². The van der Waals surface area contributed by atoms with Gasteiger partial charge in [-0.2, -0.15) is 0 Å². The summed E-state index contributed by atoms with van der Waals surface area (Å²) in [5.41, 5.74) is 0. The van der Waals surface area contributed by atoms with E-state index in [4.69, 9.17) is 11.6 Å². The zero-order valence-electron chi connectivity index (χ0n) is 9.00. The molecule has 4 heteroatoms. The van der Waals surface area contributed by atoms with Gasteiger partial charge in [0, 0.05) is 11.9 Å². The van der Waals surface area contributed by atoms with Crippen LogP contribution in [-0.2, 0) is 0 Å². The first-order chi connectivity index (χ1) is 7.24. The van der Waals surface area contributed by atoms with Crippen molar-refractivity contribution in [3.8, 4) is 0 Å². The molecule has 1 heterocycles. The average Bonchev–Trinajstić information content (AvgIpc) is 2.64. The van der Waals surface area contributed by atoms with E-state index in [1.54, 1.807) is 11.3 Å². The number of thiazole rings is 1. The molecule has 1 N–H and O–H groups in total. The van der Waals surface area contributed by atoms with Crippen LogP contribution in [0.2, 0.25) is 5.15 Å². The van der Waals surface area contributed by atoms with Gasteiger partial charge in [0.15, 0.2) is 5.13 Å². The van der Waals surface area contributed by atoms with E-state index in [0.29, 0.717) is 5.15 Å². The van der Waals surface area contributed by atoms with Crippen molar-refractivity contribution >= 4 is 28.1 Å². The van der Waals surface area contributed by atoms with Gasteiger partial charge in [-0.05, 0) is 24.7 Å². The minimum atomic E-state index is 0.597. The lowest BCUT2D eigenvalue weighted by atomic mass is 9.83. The van der Waals surface area contributed by atoms with Gasteiger partial charge in [-0.25, -0.2) is 4.98 Å². The summed E-state index contributed by atoms with van der Waals surface area (Å²) in [6.07, 6.45) is 5.47. The Labute approximate surface area is 100 Å². The molecule has 15 heavy (non-hydrogen) atoms. The van der Waals surface area contributed by atoms with Crippen LogP contribution < -0.4 is 5.32 Å². The van der Waals surface area contributed by atoms with Crippen LogP contribution >= 0.6 is 22.9 Å². The van der Waals surface area contributed by atoms with Gasteiger partial charge >= 0.3 is 0 Å². The number of hydrogen-bond acceptors (Lipinski definition) is 3. The number of rotatable bonds is 3. The predicted octanol–water partition coefficient (Wildman–Crippen LogP) is 4.03. The summed E-state index contributed by atoms with van der Waals surface area (Å²) in [4.78, 5) is 4.18. The number of halogens is 1. The second kappa shape index (κ2) is 5.17. The first-order valence-electron chi connectivity index (χ1n) is 5.59. The molecule has 2 rings (SSSR count). The molecule has 0 aliphatic heterocycles. The third-order valence-electron chi connectivity index (χ3n) is 3.15. The summed E-state index contributed by atoms with van der Waals surface area (Å²) in [7, 11) is 0. The minimum absolute atomic E-state index is 0.597. The summed E-state index contributed by atoms with van der Waals surface area (Å²) < 4.78 is 0. The Hall–Kier alpha value is -0.280. The van der Waals surface area contributed by atoms with E-state index in [2.05, 4.69) is 17.2 Å². The summed E-state index contributed by atoms with van der Waals surface area (Å²) in [6, 6.07) is 0. The molecule has 1 aromatic heterocycles. The molecule has 0 bridgehead atoms. The van der Waals surface area contributed by atoms with Crippen LogP contribution in [0, 0.1) is 11.8 Å². The van der Waals surface area contributed by atoms with Crippen LogP contribution in [0.25, 0.3) is 0 Å². The van der Waals surface area contributed by atoms with E-state index in [9.17, 15) is 0 Å². The lowest BCUT2D eigenvalue weighted by Crippen LogP contribution is -2.20. The Balaban J connectivity index is 1.74. The highest BCUT2D eigenvalue weighted by molar-refractivity contribution is 7.14. The van der Waals surface area contributed by atoms with E-state index >= 15 is 0 Å². The Kier molecular flexibility index (Phi) is 3.87. The maximum Gasteiger partial charge on any atom is 0.184 e. The molecule has 1 aliphatic rings. The Morgan fingerprint density at radius 1 is 1.47 bits per heavy atom. The predicted molar refractivity (Wildman–Crippen MR) is 66.7 cm³/mol. The van der Waals surface area contributed by atoms with Crippen LogP contribution in [0.3, 0.4) is 0 Å². The van der Waals surface area contributed by atoms with Gasteiger partial charge in [0.25, 0.3) is 0 Å². The zero-order valence-corrected chi connectivity index (χ0v) is 10.6. The molecule has 1 aliphatic carbocycles. The van der Waals surface area contributed by atoms with Crippen molar-refractivity contribution in [2.75, 3.05) is 11.9 Å². The third-order valence-corrected chi connectivity index (χ3v) is 4.28. The van der Waals surface area contributed by atoms with Gasteiger partial charge in [0.05, 0.1) is 0 Å². The maximum atomic E-state index is 5.76. The lowest BCUT2D eigenvalue weighted by Gasteiger charge is -2.26. The second-order valence-electron chi connectivity index (χ2n) is 4.48. The molecule has 1 fully saturated rings. The van der Waals surface area contributed by atoms with Crippen LogP contribution in [0.4, 0.5) is 5.13 Å². The van der Waals surface area contributed by atoms with E-state index in [1.165, 1.54) is 25.7 Å². The maximum absolute atomic E-state index is 5.76. The monoisotopic (exact) mass is 244 g/mol. The zero-order chi connectivity index (χ0) is 10.7. The van der Waals surface area contributed by atoms with Crippen molar-refractivity contribution in [3.63, 3.8) is 0 Å². The normalized spacial score (nSPS) is 26.5. The summed E-state index contributed by atoms with van der Waals surface area (Å²) in [5, 5.41) is 6.79. The quantitative estimate of drug-likeness (QED) is 0.868. The van der Waals surface area contributed by atoms with E-state index < -0.39 is 0 Å². The Morgan fingerprint density at radius 3 is 2.80 bits per heavy atom. The first kappa shape index (κ1) is 11.2. The van der Waals surface area contributed by atoms with E-state index in [-0.39, 0.29) is 0 Å². The van der Waals surface area contributed by atoms with Crippen molar-refractivity contribution in [1.82, 2.24) is 4.98 Å². The topological polar surface area (TPSA) is 24.9 Å². The molecule has 1 aromatic rings.